The van der Waals surface area contributed by atoms with Gasteiger partial charge in [-0.1, -0.05) is 55.6 Å². The lowest BCUT2D eigenvalue weighted by Crippen LogP contribution is -2.00. The normalized spacial score (nSPS) is 10.5. The van der Waals surface area contributed by atoms with Crippen molar-refractivity contribution in [3.05, 3.63) is 62.6 Å². The quantitative estimate of drug-likeness (QED) is 0.578. The van der Waals surface area contributed by atoms with Gasteiger partial charge in [-0.25, -0.2) is 0 Å². The van der Waals surface area contributed by atoms with Gasteiger partial charge in [0.05, 0.1) is 0 Å². The highest BCUT2D eigenvalue weighted by Gasteiger charge is 2.08. The minimum atomic E-state index is 0.517. The zero-order valence-corrected chi connectivity index (χ0v) is 14.3. The fraction of sp³-hybridized carbons (Fsp3) is 0.200. The third kappa shape index (κ3) is 3.98. The summed E-state index contributed by atoms with van der Waals surface area (Å²) in [6, 6.07) is 11.8. The molecule has 0 N–H and O–H groups in total. The Labute approximate surface area is 135 Å². The van der Waals surface area contributed by atoms with Gasteiger partial charge in [0.2, 0.25) is 0 Å². The number of halogens is 3. The predicted molar refractivity (Wildman–Crippen MR) is 87.3 cm³/mol. The molecule has 2 aromatic carbocycles. The molecule has 0 aliphatic carbocycles. The third-order valence-electron chi connectivity index (χ3n) is 2.73. The van der Waals surface area contributed by atoms with Gasteiger partial charge in [0.25, 0.3) is 0 Å². The van der Waals surface area contributed by atoms with E-state index in [0.717, 1.165) is 37.3 Å². The van der Waals surface area contributed by atoms with Crippen LogP contribution >= 0.6 is 43.5 Å². The minimum Gasteiger partial charge on any atom is -0.488 e. The Morgan fingerprint density at radius 2 is 2.00 bits per heavy atom. The Balaban J connectivity index is 2.19. The molecule has 0 heterocycles. The van der Waals surface area contributed by atoms with Crippen molar-refractivity contribution >= 4 is 43.5 Å². The highest BCUT2D eigenvalue weighted by molar-refractivity contribution is 9.10. The molecule has 0 saturated heterocycles. The van der Waals surface area contributed by atoms with E-state index in [0.29, 0.717) is 6.61 Å². The van der Waals surface area contributed by atoms with Crippen molar-refractivity contribution in [1.29, 1.82) is 0 Å². The van der Waals surface area contributed by atoms with Crippen LogP contribution in [-0.2, 0) is 11.9 Å². The van der Waals surface area contributed by atoms with Crippen molar-refractivity contribution in [2.24, 2.45) is 0 Å². The first-order chi connectivity index (χ1) is 9.10. The lowest BCUT2D eigenvalue weighted by atomic mass is 10.1. The fourth-order valence-corrected chi connectivity index (χ4v) is 3.14. The molecule has 0 aliphatic heterocycles. The standard InChI is InChI=1S/C15H13Br2ClO/c1-10-5-13(17)7-12(8-16)15(10)19-9-11-3-2-4-14(18)6-11/h2-7H,8-9H2,1H3. The van der Waals surface area contributed by atoms with Crippen molar-refractivity contribution in [2.45, 2.75) is 18.9 Å². The molecule has 0 fully saturated rings. The second-order valence-electron chi connectivity index (χ2n) is 4.26. The second kappa shape index (κ2) is 6.78. The van der Waals surface area contributed by atoms with Crippen molar-refractivity contribution < 1.29 is 4.74 Å². The van der Waals surface area contributed by atoms with Gasteiger partial charge >= 0.3 is 0 Å². The molecule has 0 aliphatic rings. The van der Waals surface area contributed by atoms with Gasteiger partial charge in [-0.05, 0) is 42.3 Å². The number of alkyl halides is 1. The first kappa shape index (κ1) is 14.9. The molecule has 4 heteroatoms. The molecule has 0 aromatic heterocycles. The molecular formula is C15H13Br2ClO. The van der Waals surface area contributed by atoms with Crippen LogP contribution in [0.4, 0.5) is 0 Å². The molecule has 19 heavy (non-hydrogen) atoms. The summed E-state index contributed by atoms with van der Waals surface area (Å²) in [7, 11) is 0. The Hall–Kier alpha value is -0.510. The van der Waals surface area contributed by atoms with Gasteiger partial charge in [0.1, 0.15) is 12.4 Å². The van der Waals surface area contributed by atoms with Crippen LogP contribution < -0.4 is 4.74 Å². The monoisotopic (exact) mass is 402 g/mol. The first-order valence-electron chi connectivity index (χ1n) is 5.82. The van der Waals surface area contributed by atoms with Crippen molar-refractivity contribution in [3.63, 3.8) is 0 Å². The average Bonchev–Trinajstić information content (AvgIpc) is 2.37. The van der Waals surface area contributed by atoms with Crippen LogP contribution in [-0.4, -0.2) is 0 Å². The Morgan fingerprint density at radius 3 is 2.68 bits per heavy atom. The Kier molecular flexibility index (Phi) is 5.31. The molecule has 0 bridgehead atoms. The minimum absolute atomic E-state index is 0.517. The van der Waals surface area contributed by atoms with Crippen molar-refractivity contribution in [1.82, 2.24) is 0 Å². The van der Waals surface area contributed by atoms with Gasteiger partial charge in [0.15, 0.2) is 0 Å². The van der Waals surface area contributed by atoms with Crippen LogP contribution in [0, 0.1) is 6.92 Å². The van der Waals surface area contributed by atoms with E-state index in [1.807, 2.05) is 31.2 Å². The van der Waals surface area contributed by atoms with E-state index in [1.54, 1.807) is 0 Å². The van der Waals surface area contributed by atoms with Crippen molar-refractivity contribution in [3.8, 4) is 5.75 Å². The zero-order valence-electron chi connectivity index (χ0n) is 10.4. The molecular weight excluding hydrogens is 391 g/mol. The largest absolute Gasteiger partial charge is 0.488 e. The van der Waals surface area contributed by atoms with Crippen LogP contribution in [0.15, 0.2) is 40.9 Å². The van der Waals surface area contributed by atoms with Gasteiger partial charge < -0.3 is 4.74 Å². The van der Waals surface area contributed by atoms with Crippen LogP contribution in [0.3, 0.4) is 0 Å². The van der Waals surface area contributed by atoms with E-state index in [1.165, 1.54) is 0 Å². The molecule has 0 spiro atoms. The number of ether oxygens (including phenoxy) is 1. The zero-order chi connectivity index (χ0) is 13.8. The molecule has 0 atom stereocenters. The van der Waals surface area contributed by atoms with E-state index < -0.39 is 0 Å². The summed E-state index contributed by atoms with van der Waals surface area (Å²) in [5.74, 6) is 0.931. The average molecular weight is 405 g/mol. The van der Waals surface area contributed by atoms with Crippen LogP contribution in [0.2, 0.25) is 5.02 Å². The third-order valence-corrected chi connectivity index (χ3v) is 4.03. The van der Waals surface area contributed by atoms with Crippen LogP contribution in [0.25, 0.3) is 0 Å². The van der Waals surface area contributed by atoms with E-state index in [-0.39, 0.29) is 0 Å². The van der Waals surface area contributed by atoms with E-state index in [9.17, 15) is 0 Å². The predicted octanol–water partition coefficient (Wildman–Crippen LogP) is 5.88. The summed E-state index contributed by atoms with van der Waals surface area (Å²) in [4.78, 5) is 0. The topological polar surface area (TPSA) is 9.23 Å². The highest BCUT2D eigenvalue weighted by Crippen LogP contribution is 2.30. The highest BCUT2D eigenvalue weighted by atomic mass is 79.9. The smallest absolute Gasteiger partial charge is 0.126 e. The van der Waals surface area contributed by atoms with Gasteiger partial charge in [-0.3, -0.25) is 0 Å². The van der Waals surface area contributed by atoms with Crippen LogP contribution in [0.1, 0.15) is 16.7 Å². The van der Waals surface area contributed by atoms with Gasteiger partial charge in [-0.2, -0.15) is 0 Å². The number of rotatable bonds is 4. The Bertz CT molecular complexity index is 584. The van der Waals surface area contributed by atoms with Gasteiger partial charge in [0, 0.05) is 20.4 Å². The summed E-state index contributed by atoms with van der Waals surface area (Å²) in [6.07, 6.45) is 0. The Morgan fingerprint density at radius 1 is 1.21 bits per heavy atom. The number of aryl methyl sites for hydroxylation is 1. The molecule has 0 amide bonds. The van der Waals surface area contributed by atoms with Gasteiger partial charge in [-0.15, -0.1) is 0 Å². The molecule has 2 aromatic rings. The molecule has 2 rings (SSSR count). The lowest BCUT2D eigenvalue weighted by Gasteiger charge is -2.14. The molecule has 1 nitrogen and oxygen atoms in total. The summed E-state index contributed by atoms with van der Waals surface area (Å²) in [5, 5.41) is 1.49. The number of benzene rings is 2. The number of hydrogen-bond acceptors (Lipinski definition) is 1. The van der Waals surface area contributed by atoms with Crippen LogP contribution in [0.5, 0.6) is 5.75 Å². The lowest BCUT2D eigenvalue weighted by molar-refractivity contribution is 0.302. The summed E-state index contributed by atoms with van der Waals surface area (Å²) in [6.45, 7) is 2.56. The fourth-order valence-electron chi connectivity index (χ4n) is 1.89. The summed E-state index contributed by atoms with van der Waals surface area (Å²) in [5.41, 5.74) is 3.31. The molecule has 0 radical (unpaired) electrons. The number of hydrogen-bond donors (Lipinski definition) is 0. The molecule has 0 saturated carbocycles. The summed E-state index contributed by atoms with van der Waals surface area (Å²) < 4.78 is 7.01. The van der Waals surface area contributed by atoms with E-state index >= 15 is 0 Å². The molecule has 100 valence electrons. The van der Waals surface area contributed by atoms with Crippen molar-refractivity contribution in [2.75, 3.05) is 0 Å². The van der Waals surface area contributed by atoms with E-state index in [2.05, 4.69) is 44.0 Å². The molecule has 0 unspecified atom stereocenters. The first-order valence-corrected chi connectivity index (χ1v) is 8.11. The maximum atomic E-state index is 5.97. The maximum Gasteiger partial charge on any atom is 0.126 e. The summed E-state index contributed by atoms with van der Waals surface area (Å²) >= 11 is 13.0. The second-order valence-corrected chi connectivity index (χ2v) is 6.18. The SMILES string of the molecule is Cc1cc(Br)cc(CBr)c1OCc1cccc(Cl)c1. The van der Waals surface area contributed by atoms with E-state index in [4.69, 9.17) is 16.3 Å². The maximum absolute atomic E-state index is 5.97.